The fraction of sp³-hybridized carbons (Fsp3) is 0.462. The van der Waals surface area contributed by atoms with E-state index >= 15 is 0 Å². The molecule has 0 radical (unpaired) electrons. The minimum Gasteiger partial charge on any atom is -0.482 e. The van der Waals surface area contributed by atoms with Crippen molar-refractivity contribution >= 4 is 0 Å². The molecule has 5 heteroatoms. The average Bonchev–Trinajstić information content (AvgIpc) is 2.85. The van der Waals surface area contributed by atoms with Crippen molar-refractivity contribution in [2.45, 2.75) is 27.0 Å². The van der Waals surface area contributed by atoms with Gasteiger partial charge in [-0.25, -0.2) is 0 Å². The third-order valence-corrected chi connectivity index (χ3v) is 3.00. The van der Waals surface area contributed by atoms with Crippen molar-refractivity contribution in [3.05, 3.63) is 35.0 Å². The molecule has 0 bridgehead atoms. The van der Waals surface area contributed by atoms with E-state index in [1.807, 2.05) is 38.7 Å². The van der Waals surface area contributed by atoms with Gasteiger partial charge in [0.2, 0.25) is 0 Å². The van der Waals surface area contributed by atoms with Gasteiger partial charge in [0, 0.05) is 19.2 Å². The van der Waals surface area contributed by atoms with Gasteiger partial charge in [0.1, 0.15) is 18.1 Å². The van der Waals surface area contributed by atoms with Gasteiger partial charge in [0.15, 0.2) is 5.75 Å². The van der Waals surface area contributed by atoms with Crippen molar-refractivity contribution in [3.8, 4) is 5.75 Å². The Morgan fingerprint density at radius 2 is 2.22 bits per heavy atom. The molecule has 1 N–H and O–H groups in total. The largest absolute Gasteiger partial charge is 0.482 e. The van der Waals surface area contributed by atoms with Crippen molar-refractivity contribution in [3.63, 3.8) is 0 Å². The van der Waals surface area contributed by atoms with Gasteiger partial charge in [-0.1, -0.05) is 0 Å². The van der Waals surface area contributed by atoms with Crippen molar-refractivity contribution in [2.75, 3.05) is 7.05 Å². The van der Waals surface area contributed by atoms with Gasteiger partial charge in [-0.2, -0.15) is 5.10 Å². The maximum absolute atomic E-state index is 5.81. The highest BCUT2D eigenvalue weighted by Crippen LogP contribution is 2.23. The molecule has 5 nitrogen and oxygen atoms in total. The second-order valence-electron chi connectivity index (χ2n) is 4.31. The van der Waals surface area contributed by atoms with Crippen LogP contribution in [0.4, 0.5) is 0 Å². The smallest absolute Gasteiger partial charge is 0.163 e. The van der Waals surface area contributed by atoms with Gasteiger partial charge in [-0.05, 0) is 27.0 Å². The Bertz CT molecular complexity index is 528. The maximum atomic E-state index is 5.81. The zero-order valence-corrected chi connectivity index (χ0v) is 11.3. The van der Waals surface area contributed by atoms with E-state index < -0.39 is 0 Å². The molecule has 98 valence electrons. The van der Waals surface area contributed by atoms with Crippen molar-refractivity contribution < 1.29 is 9.15 Å². The number of nitrogens with zero attached hydrogens (tertiary/aromatic N) is 2. The summed E-state index contributed by atoms with van der Waals surface area (Å²) < 4.78 is 13.1. The molecular weight excluding hydrogens is 230 g/mol. The van der Waals surface area contributed by atoms with E-state index in [9.17, 15) is 0 Å². The summed E-state index contributed by atoms with van der Waals surface area (Å²) in [5, 5.41) is 7.42. The average molecular weight is 249 g/mol. The first-order valence-corrected chi connectivity index (χ1v) is 5.96. The zero-order valence-electron chi connectivity index (χ0n) is 11.3. The predicted octanol–water partition coefficient (Wildman–Crippen LogP) is 1.93. The van der Waals surface area contributed by atoms with Crippen LogP contribution < -0.4 is 10.1 Å². The van der Waals surface area contributed by atoms with Gasteiger partial charge in [-0.15, -0.1) is 0 Å². The van der Waals surface area contributed by atoms with E-state index in [1.165, 1.54) is 0 Å². The topological polar surface area (TPSA) is 52.2 Å². The molecule has 0 aliphatic carbocycles. The summed E-state index contributed by atoms with van der Waals surface area (Å²) in [6.45, 7) is 5.14. The number of hydrogen-bond acceptors (Lipinski definition) is 4. The number of ether oxygens (including phenoxy) is 1. The number of aryl methyl sites for hydroxylation is 2. The van der Waals surface area contributed by atoms with Crippen molar-refractivity contribution in [1.29, 1.82) is 0 Å². The molecule has 0 fully saturated rings. The van der Waals surface area contributed by atoms with E-state index in [4.69, 9.17) is 9.15 Å². The zero-order chi connectivity index (χ0) is 13.1. The first-order valence-electron chi connectivity index (χ1n) is 5.96. The summed E-state index contributed by atoms with van der Waals surface area (Å²) in [6.07, 6.45) is 1.69. The fourth-order valence-corrected chi connectivity index (χ4v) is 1.94. The maximum Gasteiger partial charge on any atom is 0.163 e. The molecular formula is C13H19N3O2. The van der Waals surface area contributed by atoms with Crippen LogP contribution in [0.1, 0.15) is 22.7 Å². The first-order chi connectivity index (χ1) is 8.63. The predicted molar refractivity (Wildman–Crippen MR) is 68.5 cm³/mol. The Kier molecular flexibility index (Phi) is 3.72. The Labute approximate surface area is 107 Å². The summed E-state index contributed by atoms with van der Waals surface area (Å²) in [5.74, 6) is 1.69. The molecule has 0 aliphatic heterocycles. The molecule has 18 heavy (non-hydrogen) atoms. The Hall–Kier alpha value is -1.75. The molecule has 2 aromatic rings. The molecule has 2 rings (SSSR count). The summed E-state index contributed by atoms with van der Waals surface area (Å²) >= 11 is 0. The van der Waals surface area contributed by atoms with Gasteiger partial charge in [-0.3, -0.25) is 4.68 Å². The molecule has 2 heterocycles. The lowest BCUT2D eigenvalue weighted by Gasteiger charge is -2.06. The van der Waals surface area contributed by atoms with Gasteiger partial charge in [0.05, 0.1) is 12.0 Å². The van der Waals surface area contributed by atoms with Crippen LogP contribution in [0, 0.1) is 13.8 Å². The highest BCUT2D eigenvalue weighted by atomic mass is 16.5. The second kappa shape index (κ2) is 5.27. The number of furan rings is 1. The van der Waals surface area contributed by atoms with E-state index in [2.05, 4.69) is 10.4 Å². The van der Waals surface area contributed by atoms with Gasteiger partial charge < -0.3 is 14.5 Å². The number of nitrogens with one attached hydrogen (secondary N) is 1. The summed E-state index contributed by atoms with van der Waals surface area (Å²) in [4.78, 5) is 0. The Morgan fingerprint density at radius 1 is 1.44 bits per heavy atom. The standard InChI is InChI=1S/C13H19N3O2/c1-9-13(10(2)16(4)15-9)18-8-12-11(7-14-3)5-6-17-12/h5-6,14H,7-8H2,1-4H3. The van der Waals surface area contributed by atoms with Crippen LogP contribution in [0.2, 0.25) is 0 Å². The van der Waals surface area contributed by atoms with E-state index in [0.29, 0.717) is 6.61 Å². The summed E-state index contributed by atoms with van der Waals surface area (Å²) in [5.41, 5.74) is 3.04. The quantitative estimate of drug-likeness (QED) is 0.879. The Morgan fingerprint density at radius 3 is 2.83 bits per heavy atom. The molecule has 0 amide bonds. The van der Waals surface area contributed by atoms with Crippen LogP contribution in [-0.2, 0) is 20.2 Å². The minimum atomic E-state index is 0.428. The van der Waals surface area contributed by atoms with E-state index in [1.54, 1.807) is 6.26 Å². The number of aromatic nitrogens is 2. The third kappa shape index (κ3) is 2.41. The molecule has 0 atom stereocenters. The molecule has 0 unspecified atom stereocenters. The highest BCUT2D eigenvalue weighted by molar-refractivity contribution is 5.32. The summed E-state index contributed by atoms with van der Waals surface area (Å²) in [7, 11) is 3.82. The van der Waals surface area contributed by atoms with Crippen LogP contribution in [0.15, 0.2) is 16.7 Å². The van der Waals surface area contributed by atoms with Gasteiger partial charge in [0.25, 0.3) is 0 Å². The minimum absolute atomic E-state index is 0.428. The van der Waals surface area contributed by atoms with Crippen molar-refractivity contribution in [2.24, 2.45) is 7.05 Å². The molecule has 2 aromatic heterocycles. The third-order valence-electron chi connectivity index (χ3n) is 3.00. The SMILES string of the molecule is CNCc1ccoc1COc1c(C)nn(C)c1C. The fourth-order valence-electron chi connectivity index (χ4n) is 1.94. The molecule has 0 saturated heterocycles. The van der Waals surface area contributed by atoms with E-state index in [-0.39, 0.29) is 0 Å². The van der Waals surface area contributed by atoms with Crippen LogP contribution >= 0.6 is 0 Å². The van der Waals surface area contributed by atoms with Crippen molar-refractivity contribution in [1.82, 2.24) is 15.1 Å². The highest BCUT2D eigenvalue weighted by Gasteiger charge is 2.13. The normalized spacial score (nSPS) is 10.9. The van der Waals surface area contributed by atoms with Gasteiger partial charge >= 0.3 is 0 Å². The molecule has 0 aliphatic rings. The van der Waals surface area contributed by atoms with E-state index in [0.717, 1.165) is 35.0 Å². The van der Waals surface area contributed by atoms with Crippen LogP contribution in [-0.4, -0.2) is 16.8 Å². The first kappa shape index (κ1) is 12.7. The Balaban J connectivity index is 2.09. The molecule has 0 spiro atoms. The summed E-state index contributed by atoms with van der Waals surface area (Å²) in [6, 6.07) is 1.96. The number of hydrogen-bond donors (Lipinski definition) is 1. The lowest BCUT2D eigenvalue weighted by atomic mass is 10.2. The molecule has 0 aromatic carbocycles. The van der Waals surface area contributed by atoms with Crippen LogP contribution in [0.5, 0.6) is 5.75 Å². The molecule has 0 saturated carbocycles. The lowest BCUT2D eigenvalue weighted by molar-refractivity contribution is 0.265. The second-order valence-corrected chi connectivity index (χ2v) is 4.31. The number of rotatable bonds is 5. The van der Waals surface area contributed by atoms with Crippen LogP contribution in [0.25, 0.3) is 0 Å². The monoisotopic (exact) mass is 249 g/mol. The van der Waals surface area contributed by atoms with Crippen LogP contribution in [0.3, 0.4) is 0 Å². The lowest BCUT2D eigenvalue weighted by Crippen LogP contribution is -2.07.